The van der Waals surface area contributed by atoms with Gasteiger partial charge < -0.3 is 10.6 Å². The summed E-state index contributed by atoms with van der Waals surface area (Å²) in [6, 6.07) is 11.4. The van der Waals surface area contributed by atoms with Crippen LogP contribution in [0, 0.1) is 13.8 Å². The highest BCUT2D eigenvalue weighted by atomic mass is 32.1. The number of nitrogens with zero attached hydrogens (tertiary/aromatic N) is 2. The number of allylic oxidation sites excluding steroid dienone is 4. The predicted molar refractivity (Wildman–Crippen MR) is 150 cm³/mol. The summed E-state index contributed by atoms with van der Waals surface area (Å²) in [6.45, 7) is 11.5. The quantitative estimate of drug-likeness (QED) is 0.232. The van der Waals surface area contributed by atoms with Crippen LogP contribution in [0.4, 0.5) is 11.5 Å². The molecule has 2 heterocycles. The highest BCUT2D eigenvalue weighted by molar-refractivity contribution is 7.14. The Labute approximate surface area is 217 Å². The maximum absolute atomic E-state index is 13.1. The molecule has 3 rings (SSSR count). The van der Waals surface area contributed by atoms with Gasteiger partial charge in [-0.05, 0) is 86.2 Å². The van der Waals surface area contributed by atoms with Crippen molar-refractivity contribution in [2.45, 2.75) is 60.8 Å². The zero-order valence-corrected chi connectivity index (χ0v) is 22.7. The van der Waals surface area contributed by atoms with Gasteiger partial charge in [-0.2, -0.15) is 5.10 Å². The van der Waals surface area contributed by atoms with Gasteiger partial charge in [-0.15, -0.1) is 16.4 Å². The topological polar surface area (TPSA) is 84.0 Å². The normalized spacial score (nSPS) is 11.9. The van der Waals surface area contributed by atoms with Gasteiger partial charge in [0.05, 0.1) is 16.3 Å². The summed E-state index contributed by atoms with van der Waals surface area (Å²) in [4.78, 5) is 27.5. The number of rotatable bonds is 10. The van der Waals surface area contributed by atoms with Crippen LogP contribution in [-0.4, -0.2) is 21.9 Å². The number of hydrogen-bond donors (Lipinski definition) is 2. The zero-order valence-electron chi connectivity index (χ0n) is 21.9. The molecule has 7 heteroatoms. The van der Waals surface area contributed by atoms with Gasteiger partial charge >= 0.3 is 0 Å². The van der Waals surface area contributed by atoms with E-state index < -0.39 is 0 Å². The standard InChI is InChI=1S/C29H34N4O2S/c1-7-11-26-22(9-3)17-27(36-26)29(35)31-24-13-10-12-23(19(24)5)21(8-2)16-25(20(6)34)30-28-15-14-18(4)32-33-28/h8,10,12-17H,7,9,11H2,1-6H3,(H,30,33)(H,31,35)/b21-8?,25-16+. The lowest BCUT2D eigenvalue weighted by molar-refractivity contribution is -0.113. The van der Waals surface area contributed by atoms with Gasteiger partial charge in [-0.3, -0.25) is 9.59 Å². The fraction of sp³-hybridized carbons (Fsp3) is 0.310. The summed E-state index contributed by atoms with van der Waals surface area (Å²) in [5.41, 5.74) is 5.91. The van der Waals surface area contributed by atoms with Crippen LogP contribution in [0.2, 0.25) is 0 Å². The summed E-state index contributed by atoms with van der Waals surface area (Å²) >= 11 is 1.58. The number of anilines is 2. The first kappa shape index (κ1) is 27.0. The van der Waals surface area contributed by atoms with Crippen LogP contribution in [0.15, 0.2) is 54.2 Å². The molecule has 2 aromatic heterocycles. The SMILES string of the molecule is CC=C(/C=C(/Nc1ccc(C)nn1)C(C)=O)c1cccc(NC(=O)c2cc(CC)c(CCC)s2)c1C. The molecule has 6 nitrogen and oxygen atoms in total. The summed E-state index contributed by atoms with van der Waals surface area (Å²) in [5.74, 6) is 0.283. The summed E-state index contributed by atoms with van der Waals surface area (Å²) < 4.78 is 0. The van der Waals surface area contributed by atoms with Gasteiger partial charge in [-0.1, -0.05) is 38.5 Å². The lowest BCUT2D eigenvalue weighted by atomic mass is 9.97. The van der Waals surface area contributed by atoms with E-state index in [1.54, 1.807) is 17.4 Å². The lowest BCUT2D eigenvalue weighted by Gasteiger charge is -2.14. The van der Waals surface area contributed by atoms with Crippen LogP contribution >= 0.6 is 11.3 Å². The number of amides is 1. The molecule has 0 saturated carbocycles. The number of aromatic nitrogens is 2. The Morgan fingerprint density at radius 3 is 2.44 bits per heavy atom. The number of benzene rings is 1. The van der Waals surface area contributed by atoms with Crippen molar-refractivity contribution < 1.29 is 9.59 Å². The fourth-order valence-electron chi connectivity index (χ4n) is 3.89. The number of thiophene rings is 1. The molecule has 0 spiro atoms. The van der Waals surface area contributed by atoms with Crippen molar-refractivity contribution in [1.29, 1.82) is 0 Å². The second kappa shape index (κ2) is 12.4. The second-order valence-electron chi connectivity index (χ2n) is 8.64. The van der Waals surface area contributed by atoms with E-state index in [-0.39, 0.29) is 11.7 Å². The first-order valence-electron chi connectivity index (χ1n) is 12.3. The molecule has 1 aromatic carbocycles. The molecule has 0 aliphatic carbocycles. The molecule has 0 fully saturated rings. The van der Waals surface area contributed by atoms with Crippen LogP contribution in [0.3, 0.4) is 0 Å². The van der Waals surface area contributed by atoms with E-state index in [0.717, 1.165) is 52.2 Å². The fourth-order valence-corrected chi connectivity index (χ4v) is 5.14. The van der Waals surface area contributed by atoms with E-state index in [4.69, 9.17) is 0 Å². The number of nitrogens with one attached hydrogen (secondary N) is 2. The van der Waals surface area contributed by atoms with Gasteiger partial charge in [0, 0.05) is 17.5 Å². The molecule has 0 atom stereocenters. The monoisotopic (exact) mass is 502 g/mol. The van der Waals surface area contributed by atoms with Crippen LogP contribution < -0.4 is 10.6 Å². The Morgan fingerprint density at radius 2 is 1.83 bits per heavy atom. The molecule has 0 unspecified atom stereocenters. The van der Waals surface area contributed by atoms with Crippen molar-refractivity contribution in [3.8, 4) is 0 Å². The van der Waals surface area contributed by atoms with Crippen LogP contribution in [-0.2, 0) is 17.6 Å². The minimum absolute atomic E-state index is 0.0982. The first-order chi connectivity index (χ1) is 17.3. The Kier molecular flexibility index (Phi) is 9.31. The molecular weight excluding hydrogens is 468 g/mol. The Bertz CT molecular complexity index is 1300. The van der Waals surface area contributed by atoms with Crippen LogP contribution in [0.1, 0.15) is 71.0 Å². The molecule has 0 radical (unpaired) electrons. The second-order valence-corrected chi connectivity index (χ2v) is 9.77. The molecular formula is C29H34N4O2S. The molecule has 188 valence electrons. The van der Waals surface area contributed by atoms with Crippen LogP contribution in [0.5, 0.6) is 0 Å². The summed E-state index contributed by atoms with van der Waals surface area (Å²) in [7, 11) is 0. The Morgan fingerprint density at radius 1 is 1.06 bits per heavy atom. The molecule has 36 heavy (non-hydrogen) atoms. The maximum Gasteiger partial charge on any atom is 0.265 e. The highest BCUT2D eigenvalue weighted by Gasteiger charge is 2.16. The van der Waals surface area contributed by atoms with Gasteiger partial charge in [-0.25, -0.2) is 0 Å². The minimum Gasteiger partial charge on any atom is -0.336 e. The lowest BCUT2D eigenvalue weighted by Crippen LogP contribution is -2.12. The van der Waals surface area contributed by atoms with Crippen molar-refractivity contribution in [2.75, 3.05) is 10.6 Å². The third-order valence-corrected chi connectivity index (χ3v) is 7.16. The summed E-state index contributed by atoms with van der Waals surface area (Å²) in [5, 5.41) is 14.3. The third kappa shape index (κ3) is 6.55. The summed E-state index contributed by atoms with van der Waals surface area (Å²) in [6.07, 6.45) is 6.73. The van der Waals surface area contributed by atoms with Gasteiger partial charge in [0.2, 0.25) is 0 Å². The van der Waals surface area contributed by atoms with E-state index in [1.165, 1.54) is 17.4 Å². The van der Waals surface area contributed by atoms with Crippen molar-refractivity contribution in [1.82, 2.24) is 10.2 Å². The molecule has 2 N–H and O–H groups in total. The minimum atomic E-state index is -0.119. The van der Waals surface area contributed by atoms with E-state index >= 15 is 0 Å². The zero-order chi connectivity index (χ0) is 26.2. The van der Waals surface area contributed by atoms with Crippen LogP contribution in [0.25, 0.3) is 5.57 Å². The Hall–Kier alpha value is -3.58. The van der Waals surface area contributed by atoms with Gasteiger partial charge in [0.1, 0.15) is 0 Å². The smallest absolute Gasteiger partial charge is 0.265 e. The van der Waals surface area contributed by atoms with Gasteiger partial charge in [0.15, 0.2) is 11.6 Å². The van der Waals surface area contributed by atoms with Crippen molar-refractivity contribution in [3.63, 3.8) is 0 Å². The van der Waals surface area contributed by atoms with Crippen molar-refractivity contribution >= 4 is 40.1 Å². The highest BCUT2D eigenvalue weighted by Crippen LogP contribution is 2.29. The molecule has 1 amide bonds. The van der Waals surface area contributed by atoms with E-state index in [0.29, 0.717) is 11.5 Å². The number of ketones is 1. The average molecular weight is 503 g/mol. The average Bonchev–Trinajstić information content (AvgIpc) is 3.28. The molecule has 0 saturated heterocycles. The molecule has 0 aliphatic heterocycles. The maximum atomic E-state index is 13.1. The van der Waals surface area contributed by atoms with Crippen molar-refractivity contribution in [3.05, 3.63) is 86.4 Å². The first-order valence-corrected chi connectivity index (χ1v) is 13.1. The number of carbonyl (C=O) groups is 2. The molecule has 3 aromatic rings. The third-order valence-electron chi connectivity index (χ3n) is 5.92. The largest absolute Gasteiger partial charge is 0.336 e. The Balaban J connectivity index is 1.88. The van der Waals surface area contributed by atoms with E-state index in [2.05, 4.69) is 34.7 Å². The number of Topliss-reactive ketones (excluding diaryl/α,β-unsaturated/α-hetero) is 1. The van der Waals surface area contributed by atoms with Gasteiger partial charge in [0.25, 0.3) is 5.91 Å². The number of carbonyl (C=O) groups excluding carboxylic acids is 2. The number of hydrogen-bond acceptors (Lipinski definition) is 6. The molecule has 0 bridgehead atoms. The predicted octanol–water partition coefficient (Wildman–Crippen LogP) is 6.91. The molecule has 0 aliphatic rings. The van der Waals surface area contributed by atoms with E-state index in [9.17, 15) is 9.59 Å². The van der Waals surface area contributed by atoms with E-state index in [1.807, 2.05) is 63.3 Å². The number of aryl methyl sites for hydroxylation is 3. The van der Waals surface area contributed by atoms with Crippen molar-refractivity contribution in [2.24, 2.45) is 0 Å².